The van der Waals surface area contributed by atoms with Gasteiger partial charge in [-0.1, -0.05) is 5.11 Å². The van der Waals surface area contributed by atoms with Crippen LogP contribution in [0.25, 0.3) is 10.4 Å². The molecule has 0 amide bonds. The van der Waals surface area contributed by atoms with E-state index in [0.717, 1.165) is 17.0 Å². The van der Waals surface area contributed by atoms with E-state index < -0.39 is 0 Å². The average Bonchev–Trinajstić information content (AvgIpc) is 2.65. The van der Waals surface area contributed by atoms with Crippen molar-refractivity contribution in [2.75, 3.05) is 13.1 Å². The van der Waals surface area contributed by atoms with Crippen LogP contribution in [0.3, 0.4) is 0 Å². The lowest BCUT2D eigenvalue weighted by Crippen LogP contribution is -2.22. The molecule has 1 aromatic rings. The van der Waals surface area contributed by atoms with E-state index >= 15 is 0 Å². The zero-order chi connectivity index (χ0) is 12.7. The van der Waals surface area contributed by atoms with Gasteiger partial charge in [-0.2, -0.15) is 10.4 Å². The quantitative estimate of drug-likeness (QED) is 0.338. The molecule has 0 spiro atoms. The van der Waals surface area contributed by atoms with Crippen LogP contribution in [0.4, 0.5) is 0 Å². The maximum absolute atomic E-state index is 9.11. The fourth-order valence-corrected chi connectivity index (χ4v) is 1.64. The topological polar surface area (TPSA) is 113 Å². The van der Waals surface area contributed by atoms with E-state index in [1.54, 1.807) is 0 Å². The molecule has 1 unspecified atom stereocenters. The highest BCUT2D eigenvalue weighted by Gasteiger charge is 2.17. The van der Waals surface area contributed by atoms with Gasteiger partial charge in [0, 0.05) is 22.7 Å². The van der Waals surface area contributed by atoms with E-state index in [-0.39, 0.29) is 6.04 Å². The maximum Gasteiger partial charge on any atom is 0.124 e. The Morgan fingerprint density at radius 3 is 2.94 bits per heavy atom. The molecule has 0 radical (unpaired) electrons. The predicted molar refractivity (Wildman–Crippen MR) is 63.0 cm³/mol. The summed E-state index contributed by atoms with van der Waals surface area (Å²) in [7, 11) is 0. The lowest BCUT2D eigenvalue weighted by molar-refractivity contribution is 0.603. The fourth-order valence-electron chi connectivity index (χ4n) is 1.64. The molecule has 0 aliphatic rings. The first kappa shape index (κ1) is 13.0. The van der Waals surface area contributed by atoms with Gasteiger partial charge in [-0.3, -0.25) is 10.4 Å². The van der Waals surface area contributed by atoms with Crippen molar-refractivity contribution in [3.05, 3.63) is 27.4 Å². The standard InChI is InChI=1S/C10H15N7/c1-7-10(8(2)16-15-7)9(6-11)13-4-3-5-14-17-12/h9,13H,3-5H2,1-2H3,(H,15,16). The number of rotatable bonds is 6. The molecule has 0 aliphatic carbocycles. The van der Waals surface area contributed by atoms with E-state index in [2.05, 4.69) is 31.6 Å². The number of nitriles is 1. The zero-order valence-electron chi connectivity index (χ0n) is 9.93. The van der Waals surface area contributed by atoms with Crippen LogP contribution in [0.5, 0.6) is 0 Å². The molecule has 0 aliphatic heterocycles. The van der Waals surface area contributed by atoms with Gasteiger partial charge in [-0.05, 0) is 32.3 Å². The van der Waals surface area contributed by atoms with Crippen LogP contribution < -0.4 is 5.32 Å². The van der Waals surface area contributed by atoms with E-state index in [0.29, 0.717) is 19.5 Å². The third kappa shape index (κ3) is 3.48. The number of aromatic nitrogens is 2. The molecule has 1 aromatic heterocycles. The van der Waals surface area contributed by atoms with E-state index in [4.69, 9.17) is 10.8 Å². The summed E-state index contributed by atoms with van der Waals surface area (Å²) in [6, 6.07) is 1.83. The smallest absolute Gasteiger partial charge is 0.124 e. The van der Waals surface area contributed by atoms with Crippen LogP contribution in [0.1, 0.15) is 29.4 Å². The number of hydrogen-bond donors (Lipinski definition) is 2. The Labute approximate surface area is 99.5 Å². The van der Waals surface area contributed by atoms with Crippen molar-refractivity contribution in [2.24, 2.45) is 5.11 Å². The first-order chi connectivity index (χ1) is 8.20. The minimum Gasteiger partial charge on any atom is -0.298 e. The van der Waals surface area contributed by atoms with Gasteiger partial charge in [0.2, 0.25) is 0 Å². The van der Waals surface area contributed by atoms with Crippen molar-refractivity contribution in [3.8, 4) is 6.07 Å². The van der Waals surface area contributed by atoms with Gasteiger partial charge < -0.3 is 0 Å². The highest BCUT2D eigenvalue weighted by Crippen LogP contribution is 2.18. The number of hydrogen-bond acceptors (Lipinski definition) is 4. The first-order valence-corrected chi connectivity index (χ1v) is 5.36. The van der Waals surface area contributed by atoms with Crippen molar-refractivity contribution in [3.63, 3.8) is 0 Å². The number of azide groups is 1. The normalized spacial score (nSPS) is 11.6. The molecule has 90 valence electrons. The number of aromatic amines is 1. The Hall–Kier alpha value is -2.03. The molecule has 0 saturated heterocycles. The Kier molecular flexibility index (Phi) is 5.01. The van der Waals surface area contributed by atoms with E-state index in [1.807, 2.05) is 13.8 Å². The summed E-state index contributed by atoms with van der Waals surface area (Å²) in [5.74, 6) is 0. The molecule has 0 saturated carbocycles. The Morgan fingerprint density at radius 1 is 1.65 bits per heavy atom. The van der Waals surface area contributed by atoms with Gasteiger partial charge in [0.05, 0.1) is 11.8 Å². The monoisotopic (exact) mass is 233 g/mol. The van der Waals surface area contributed by atoms with Crippen LogP contribution in [-0.2, 0) is 0 Å². The average molecular weight is 233 g/mol. The second-order valence-corrected chi connectivity index (χ2v) is 3.67. The molecule has 7 heteroatoms. The summed E-state index contributed by atoms with van der Waals surface area (Å²) >= 11 is 0. The summed E-state index contributed by atoms with van der Waals surface area (Å²) in [6.07, 6.45) is 0.707. The second-order valence-electron chi connectivity index (χ2n) is 3.67. The minimum absolute atomic E-state index is 0.375. The van der Waals surface area contributed by atoms with Gasteiger partial charge in [-0.15, -0.1) is 0 Å². The molecule has 7 nitrogen and oxygen atoms in total. The second kappa shape index (κ2) is 6.53. The number of H-pyrrole nitrogens is 1. The summed E-state index contributed by atoms with van der Waals surface area (Å²) in [5.41, 5.74) is 10.7. The third-order valence-corrected chi connectivity index (χ3v) is 2.45. The largest absolute Gasteiger partial charge is 0.298 e. The lowest BCUT2D eigenvalue weighted by atomic mass is 10.1. The zero-order valence-corrected chi connectivity index (χ0v) is 9.93. The van der Waals surface area contributed by atoms with Crippen LogP contribution in [-0.4, -0.2) is 23.3 Å². The van der Waals surface area contributed by atoms with Crippen molar-refractivity contribution < 1.29 is 0 Å². The van der Waals surface area contributed by atoms with E-state index in [9.17, 15) is 0 Å². The molecule has 0 aromatic carbocycles. The Morgan fingerprint density at radius 2 is 2.41 bits per heavy atom. The fraction of sp³-hybridized carbons (Fsp3) is 0.600. The summed E-state index contributed by atoms with van der Waals surface area (Å²) in [6.45, 7) is 4.82. The maximum atomic E-state index is 9.11. The third-order valence-electron chi connectivity index (χ3n) is 2.45. The van der Waals surface area contributed by atoms with Gasteiger partial charge in [0.15, 0.2) is 0 Å². The highest BCUT2D eigenvalue weighted by molar-refractivity contribution is 5.31. The highest BCUT2D eigenvalue weighted by atomic mass is 15.1. The van der Waals surface area contributed by atoms with Crippen LogP contribution in [0.15, 0.2) is 5.11 Å². The number of aryl methyl sites for hydroxylation is 2. The van der Waals surface area contributed by atoms with Crippen LogP contribution in [0, 0.1) is 25.2 Å². The first-order valence-electron chi connectivity index (χ1n) is 5.36. The Bertz CT molecular complexity index is 430. The number of nitrogens with one attached hydrogen (secondary N) is 2. The lowest BCUT2D eigenvalue weighted by Gasteiger charge is -2.11. The van der Waals surface area contributed by atoms with Crippen molar-refractivity contribution in [1.29, 1.82) is 5.26 Å². The predicted octanol–water partition coefficient (Wildman–Crippen LogP) is 1.88. The minimum atomic E-state index is -0.375. The molecule has 17 heavy (non-hydrogen) atoms. The van der Waals surface area contributed by atoms with Crippen molar-refractivity contribution >= 4 is 0 Å². The van der Waals surface area contributed by atoms with Crippen molar-refractivity contribution in [2.45, 2.75) is 26.3 Å². The summed E-state index contributed by atoms with van der Waals surface area (Å²) < 4.78 is 0. The van der Waals surface area contributed by atoms with Crippen molar-refractivity contribution in [1.82, 2.24) is 15.5 Å². The molecule has 0 fully saturated rings. The Balaban J connectivity index is 2.55. The SMILES string of the molecule is Cc1n[nH]c(C)c1C(C#N)NCCCN=[N+]=[N-]. The van der Waals surface area contributed by atoms with Gasteiger partial charge in [0.1, 0.15) is 6.04 Å². The van der Waals surface area contributed by atoms with E-state index in [1.165, 1.54) is 0 Å². The van der Waals surface area contributed by atoms with Gasteiger partial charge in [0.25, 0.3) is 0 Å². The molecule has 1 rings (SSSR count). The number of nitrogens with zero attached hydrogens (tertiary/aromatic N) is 5. The molecular weight excluding hydrogens is 218 g/mol. The van der Waals surface area contributed by atoms with Gasteiger partial charge in [-0.25, -0.2) is 0 Å². The molecule has 2 N–H and O–H groups in total. The van der Waals surface area contributed by atoms with Crippen LogP contribution >= 0.6 is 0 Å². The molecule has 1 heterocycles. The molecule has 0 bridgehead atoms. The molecule has 1 atom stereocenters. The van der Waals surface area contributed by atoms with Gasteiger partial charge >= 0.3 is 0 Å². The molecular formula is C10H15N7. The summed E-state index contributed by atoms with van der Waals surface area (Å²) in [5, 5.41) is 22.6. The summed E-state index contributed by atoms with van der Waals surface area (Å²) in [4.78, 5) is 2.67. The van der Waals surface area contributed by atoms with Crippen LogP contribution in [0.2, 0.25) is 0 Å².